The summed E-state index contributed by atoms with van der Waals surface area (Å²) in [6.07, 6.45) is 2.53. The van der Waals surface area contributed by atoms with Crippen LogP contribution in [0.1, 0.15) is 37.4 Å². The summed E-state index contributed by atoms with van der Waals surface area (Å²) < 4.78 is 17.1. The Labute approximate surface area is 254 Å². The molecule has 2 atom stereocenters. The number of aromatic amines is 1. The number of rotatable bonds is 9. The van der Waals surface area contributed by atoms with Crippen molar-refractivity contribution in [2.75, 3.05) is 32.0 Å². The molecule has 1 aliphatic carbocycles. The van der Waals surface area contributed by atoms with E-state index in [1.54, 1.807) is 51.5 Å². The van der Waals surface area contributed by atoms with E-state index in [2.05, 4.69) is 31.1 Å². The number of nitrogens with zero attached hydrogens (tertiary/aromatic N) is 2. The quantitative estimate of drug-likeness (QED) is 0.223. The van der Waals surface area contributed by atoms with E-state index in [4.69, 9.17) is 14.2 Å². The van der Waals surface area contributed by atoms with Gasteiger partial charge in [0.2, 0.25) is 23.0 Å². The Kier molecular flexibility index (Phi) is 8.79. The molecule has 0 radical (unpaired) electrons. The lowest BCUT2D eigenvalue weighted by Crippen LogP contribution is -2.33. The van der Waals surface area contributed by atoms with Crippen LogP contribution in [0, 0.1) is 0 Å². The topological polar surface area (TPSA) is 157 Å². The van der Waals surface area contributed by atoms with Gasteiger partial charge in [-0.2, -0.15) is 5.10 Å². The summed E-state index contributed by atoms with van der Waals surface area (Å²) in [5.74, 6) is 1.41. The van der Waals surface area contributed by atoms with Gasteiger partial charge in [0.1, 0.15) is 12.4 Å². The first-order valence-electron chi connectivity index (χ1n) is 14.0. The maximum atomic E-state index is 13.6. The molecule has 12 heteroatoms. The minimum atomic E-state index is -0.767. The van der Waals surface area contributed by atoms with Gasteiger partial charge in [0.15, 0.2) is 17.3 Å². The maximum Gasteiger partial charge on any atom is 0.246 e. The minimum absolute atomic E-state index is 0.219. The normalized spacial score (nSPS) is 14.2. The van der Waals surface area contributed by atoms with Gasteiger partial charge in [0, 0.05) is 23.7 Å². The fraction of sp³-hybridized carbons (Fsp3) is 0.281. The van der Waals surface area contributed by atoms with Gasteiger partial charge in [0.25, 0.3) is 0 Å². The van der Waals surface area contributed by atoms with Crippen molar-refractivity contribution in [1.82, 2.24) is 20.5 Å². The van der Waals surface area contributed by atoms with E-state index in [0.29, 0.717) is 52.7 Å². The highest BCUT2D eigenvalue weighted by atomic mass is 16.5. The van der Waals surface area contributed by atoms with Crippen LogP contribution in [0.5, 0.6) is 17.2 Å². The molecule has 4 aromatic rings. The number of aromatic nitrogens is 3. The minimum Gasteiger partial charge on any atom is -0.493 e. The smallest absolute Gasteiger partial charge is 0.246 e. The van der Waals surface area contributed by atoms with E-state index < -0.39 is 12.1 Å². The number of anilines is 2. The Balaban J connectivity index is 1.51. The molecule has 0 saturated heterocycles. The lowest BCUT2D eigenvalue weighted by atomic mass is 9.95. The highest BCUT2D eigenvalue weighted by molar-refractivity contribution is 5.96. The molecule has 0 bridgehead atoms. The molecule has 1 aromatic heterocycles. The van der Waals surface area contributed by atoms with E-state index in [0.717, 1.165) is 16.7 Å². The molecule has 0 fully saturated rings. The summed E-state index contributed by atoms with van der Waals surface area (Å²) in [7, 11) is 4.63. The third-order valence-corrected chi connectivity index (χ3v) is 7.50. The zero-order valence-corrected chi connectivity index (χ0v) is 25.1. The third-order valence-electron chi connectivity index (χ3n) is 7.50. The van der Waals surface area contributed by atoms with E-state index in [-0.39, 0.29) is 22.9 Å². The molecule has 44 heavy (non-hydrogen) atoms. The molecule has 2 amide bonds. The number of fused-ring (bicyclic) bond motifs is 3. The zero-order valence-electron chi connectivity index (χ0n) is 25.1. The van der Waals surface area contributed by atoms with E-state index in [1.807, 2.05) is 12.1 Å². The molecule has 0 unspecified atom stereocenters. The van der Waals surface area contributed by atoms with Crippen LogP contribution in [0.4, 0.5) is 11.4 Å². The van der Waals surface area contributed by atoms with Crippen molar-refractivity contribution in [2.45, 2.75) is 38.8 Å². The third kappa shape index (κ3) is 6.05. The SMILES string of the molecule is COc1cc2c(c(OC)c1OC)-c1ccc(N[C@H](C)C(=O)Nc3cccc(-c4ncn[nH]4)c3)c(=O)cc1[C@@H](NC(C)=O)CC2. The van der Waals surface area contributed by atoms with Crippen LogP contribution in [-0.2, 0) is 16.0 Å². The predicted molar refractivity (Wildman–Crippen MR) is 166 cm³/mol. The first kappa shape index (κ1) is 30.1. The summed E-state index contributed by atoms with van der Waals surface area (Å²) in [5, 5.41) is 15.6. The summed E-state index contributed by atoms with van der Waals surface area (Å²) in [4.78, 5) is 43.1. The molecule has 3 aromatic carbocycles. The number of carbonyl (C=O) groups is 2. The maximum absolute atomic E-state index is 13.6. The summed E-state index contributed by atoms with van der Waals surface area (Å²) in [5.41, 5.74) is 4.20. The monoisotopic (exact) mass is 598 g/mol. The number of amides is 2. The number of ether oxygens (including phenoxy) is 3. The standard InChI is InChI=1S/C32H34N6O6/c1-17(32(41)37-21-8-6-7-20(13-21)31-33-16-34-38-31)35-25-12-10-22-23(15-26(25)40)24(36-18(2)39)11-9-19-14-27(42-3)29(43-4)30(44-5)28(19)22/h6-8,10,12-17,24H,9,11H2,1-5H3,(H,35,40)(H,36,39)(H,37,41)(H,33,34,38)/t17-,24+/m1/s1. The first-order chi connectivity index (χ1) is 21.2. The van der Waals surface area contributed by atoms with Gasteiger partial charge in [-0.15, -0.1) is 0 Å². The molecule has 5 rings (SSSR count). The van der Waals surface area contributed by atoms with Crippen molar-refractivity contribution in [1.29, 1.82) is 0 Å². The molecular formula is C32H34N6O6. The van der Waals surface area contributed by atoms with Crippen molar-refractivity contribution >= 4 is 23.2 Å². The molecule has 0 spiro atoms. The van der Waals surface area contributed by atoms with E-state index in [9.17, 15) is 14.4 Å². The average Bonchev–Trinajstić information content (AvgIpc) is 3.46. The number of carbonyl (C=O) groups excluding carboxylic acids is 2. The fourth-order valence-electron chi connectivity index (χ4n) is 5.47. The number of hydrogen-bond donors (Lipinski definition) is 4. The summed E-state index contributed by atoms with van der Waals surface area (Å²) in [6.45, 7) is 3.11. The largest absolute Gasteiger partial charge is 0.493 e. The van der Waals surface area contributed by atoms with Gasteiger partial charge >= 0.3 is 0 Å². The van der Waals surface area contributed by atoms with Crippen LogP contribution in [0.2, 0.25) is 0 Å². The summed E-state index contributed by atoms with van der Waals surface area (Å²) in [6, 6.07) is 12.8. The molecular weight excluding hydrogens is 564 g/mol. The Morgan fingerprint density at radius 1 is 1.02 bits per heavy atom. The highest BCUT2D eigenvalue weighted by Gasteiger charge is 2.29. The van der Waals surface area contributed by atoms with Crippen molar-refractivity contribution < 1.29 is 23.8 Å². The van der Waals surface area contributed by atoms with Gasteiger partial charge in [-0.3, -0.25) is 19.5 Å². The van der Waals surface area contributed by atoms with Crippen molar-refractivity contribution in [3.63, 3.8) is 0 Å². The van der Waals surface area contributed by atoms with Crippen LogP contribution in [0.3, 0.4) is 0 Å². The van der Waals surface area contributed by atoms with Gasteiger partial charge in [-0.05, 0) is 66.8 Å². The average molecular weight is 599 g/mol. The van der Waals surface area contributed by atoms with E-state index >= 15 is 0 Å². The summed E-state index contributed by atoms with van der Waals surface area (Å²) >= 11 is 0. The Bertz CT molecular complexity index is 1760. The number of methoxy groups -OCH3 is 3. The molecule has 4 N–H and O–H groups in total. The second-order valence-electron chi connectivity index (χ2n) is 10.4. The van der Waals surface area contributed by atoms with Crippen LogP contribution >= 0.6 is 0 Å². The van der Waals surface area contributed by atoms with E-state index in [1.165, 1.54) is 26.4 Å². The second kappa shape index (κ2) is 12.9. The molecule has 0 saturated carbocycles. The zero-order chi connectivity index (χ0) is 31.4. The lowest BCUT2D eigenvalue weighted by Gasteiger charge is -2.19. The highest BCUT2D eigenvalue weighted by Crippen LogP contribution is 2.50. The Morgan fingerprint density at radius 3 is 2.50 bits per heavy atom. The van der Waals surface area contributed by atoms with Crippen LogP contribution in [0.15, 0.2) is 59.7 Å². The molecule has 1 heterocycles. The molecule has 12 nitrogen and oxygen atoms in total. The predicted octanol–water partition coefficient (Wildman–Crippen LogP) is 4.09. The van der Waals surface area contributed by atoms with Crippen molar-refractivity contribution in [3.05, 3.63) is 76.2 Å². The first-order valence-corrected chi connectivity index (χ1v) is 14.0. The van der Waals surface area contributed by atoms with Gasteiger partial charge in [-0.1, -0.05) is 18.2 Å². The van der Waals surface area contributed by atoms with Gasteiger partial charge < -0.3 is 30.2 Å². The molecule has 1 aliphatic rings. The number of hydrogen-bond acceptors (Lipinski definition) is 9. The van der Waals surface area contributed by atoms with Crippen molar-refractivity contribution in [3.8, 4) is 39.8 Å². The molecule has 228 valence electrons. The van der Waals surface area contributed by atoms with Gasteiger partial charge in [0.05, 0.1) is 33.1 Å². The van der Waals surface area contributed by atoms with Gasteiger partial charge in [-0.25, -0.2) is 4.98 Å². The Morgan fingerprint density at radius 2 is 1.82 bits per heavy atom. The number of nitrogens with one attached hydrogen (secondary N) is 4. The number of benzene rings is 2. The number of aryl methyl sites for hydroxylation is 1. The Hall–Kier alpha value is -5.39. The lowest BCUT2D eigenvalue weighted by molar-refractivity contribution is -0.119. The number of H-pyrrole nitrogens is 1. The molecule has 0 aliphatic heterocycles. The van der Waals surface area contributed by atoms with Crippen molar-refractivity contribution in [2.24, 2.45) is 0 Å². The van der Waals surface area contributed by atoms with Crippen LogP contribution in [0.25, 0.3) is 22.5 Å². The van der Waals surface area contributed by atoms with Crippen LogP contribution < -0.4 is 35.6 Å². The van der Waals surface area contributed by atoms with Crippen LogP contribution in [-0.4, -0.2) is 54.4 Å². The second-order valence-corrected chi connectivity index (χ2v) is 10.4. The fourth-order valence-corrected chi connectivity index (χ4v) is 5.47.